The van der Waals surface area contributed by atoms with Crippen LogP contribution in [-0.2, 0) is 16.2 Å². The number of anilines is 2. The zero-order valence-electron chi connectivity index (χ0n) is 22.2. The van der Waals surface area contributed by atoms with Crippen molar-refractivity contribution in [2.45, 2.75) is 13.5 Å². The third kappa shape index (κ3) is 5.99. The molecule has 1 fully saturated rings. The minimum absolute atomic E-state index is 0.133. The minimum Gasteiger partial charge on any atom is -0.490 e. The van der Waals surface area contributed by atoms with Gasteiger partial charge in [-0.2, -0.15) is 0 Å². The van der Waals surface area contributed by atoms with Gasteiger partial charge >= 0.3 is 6.03 Å². The molecule has 0 radical (unpaired) electrons. The van der Waals surface area contributed by atoms with E-state index in [1.54, 1.807) is 97.9 Å². The molecular formula is C32H23Cl3N2O5. The van der Waals surface area contributed by atoms with E-state index in [0.717, 1.165) is 15.4 Å². The molecule has 0 bridgehead atoms. The van der Waals surface area contributed by atoms with Crippen molar-refractivity contribution in [3.8, 4) is 11.5 Å². The molecule has 1 aliphatic heterocycles. The van der Waals surface area contributed by atoms with Crippen molar-refractivity contribution in [2.24, 2.45) is 0 Å². The van der Waals surface area contributed by atoms with Gasteiger partial charge in [0.25, 0.3) is 11.8 Å². The van der Waals surface area contributed by atoms with E-state index in [9.17, 15) is 14.4 Å². The number of ether oxygens (including phenoxy) is 2. The van der Waals surface area contributed by atoms with E-state index >= 15 is 0 Å². The highest BCUT2D eigenvalue weighted by Crippen LogP contribution is 2.39. The molecule has 0 aliphatic carbocycles. The summed E-state index contributed by atoms with van der Waals surface area (Å²) in [4.78, 5) is 42.8. The monoisotopic (exact) mass is 620 g/mol. The summed E-state index contributed by atoms with van der Waals surface area (Å²) in [7, 11) is 0. The van der Waals surface area contributed by atoms with E-state index < -0.39 is 17.8 Å². The van der Waals surface area contributed by atoms with E-state index in [2.05, 4.69) is 0 Å². The predicted molar refractivity (Wildman–Crippen MR) is 165 cm³/mol. The van der Waals surface area contributed by atoms with Gasteiger partial charge in [0.2, 0.25) is 0 Å². The number of amides is 4. The number of carbonyl (C=O) groups excluding carboxylic acids is 3. The molecule has 212 valence electrons. The first-order chi connectivity index (χ1) is 20.3. The number of hydrogen-bond acceptors (Lipinski definition) is 5. The lowest BCUT2D eigenvalue weighted by Gasteiger charge is -2.34. The van der Waals surface area contributed by atoms with Gasteiger partial charge in [-0.3, -0.25) is 9.59 Å². The first-order valence-corrected chi connectivity index (χ1v) is 14.0. The average Bonchev–Trinajstić information content (AvgIpc) is 2.98. The molecule has 1 saturated heterocycles. The number of barbiturate groups is 1. The van der Waals surface area contributed by atoms with E-state index in [4.69, 9.17) is 44.3 Å². The molecule has 42 heavy (non-hydrogen) atoms. The Labute approximate surface area is 257 Å². The number of urea groups is 1. The van der Waals surface area contributed by atoms with Crippen LogP contribution in [0.15, 0.2) is 96.6 Å². The number of hydrogen-bond donors (Lipinski definition) is 0. The molecule has 1 aliphatic rings. The molecule has 1 heterocycles. The summed E-state index contributed by atoms with van der Waals surface area (Å²) in [5, 5.41) is 1.01. The van der Waals surface area contributed by atoms with Crippen LogP contribution < -0.4 is 19.3 Å². The zero-order chi connectivity index (χ0) is 29.8. The van der Waals surface area contributed by atoms with Crippen molar-refractivity contribution in [2.75, 3.05) is 16.4 Å². The van der Waals surface area contributed by atoms with E-state index in [1.165, 1.54) is 6.08 Å². The molecule has 0 spiro atoms. The smallest absolute Gasteiger partial charge is 0.343 e. The van der Waals surface area contributed by atoms with Crippen LogP contribution in [0.25, 0.3) is 6.08 Å². The summed E-state index contributed by atoms with van der Waals surface area (Å²) >= 11 is 18.8. The largest absolute Gasteiger partial charge is 0.490 e. The zero-order valence-corrected chi connectivity index (χ0v) is 24.5. The van der Waals surface area contributed by atoms with Crippen LogP contribution in [0.3, 0.4) is 0 Å². The third-order valence-electron chi connectivity index (χ3n) is 6.29. The normalized spacial score (nSPS) is 13.4. The number of rotatable bonds is 8. The molecule has 5 rings (SSSR count). The topological polar surface area (TPSA) is 76.2 Å². The van der Waals surface area contributed by atoms with Crippen molar-refractivity contribution >= 4 is 70.1 Å². The summed E-state index contributed by atoms with van der Waals surface area (Å²) in [5.41, 5.74) is 1.58. The van der Waals surface area contributed by atoms with Gasteiger partial charge in [0.15, 0.2) is 11.5 Å². The molecule has 4 amide bonds. The summed E-state index contributed by atoms with van der Waals surface area (Å²) in [6.07, 6.45) is 1.39. The Hall–Kier alpha value is -4.30. The molecule has 10 heteroatoms. The van der Waals surface area contributed by atoms with E-state index in [1.807, 2.05) is 0 Å². The lowest BCUT2D eigenvalue weighted by molar-refractivity contribution is -0.121. The Morgan fingerprint density at radius 3 is 1.83 bits per heavy atom. The number of benzene rings is 4. The number of halogens is 3. The van der Waals surface area contributed by atoms with Crippen LogP contribution in [0.1, 0.15) is 18.1 Å². The summed E-state index contributed by atoms with van der Waals surface area (Å²) in [5.74, 6) is -0.946. The summed E-state index contributed by atoms with van der Waals surface area (Å²) < 4.78 is 11.8. The van der Waals surface area contributed by atoms with Crippen molar-refractivity contribution in [3.05, 3.63) is 123 Å². The first kappa shape index (κ1) is 29.2. The van der Waals surface area contributed by atoms with Gasteiger partial charge in [-0.05, 0) is 72.7 Å². The molecule has 0 N–H and O–H groups in total. The molecule has 0 saturated carbocycles. The summed E-state index contributed by atoms with van der Waals surface area (Å²) in [6.45, 7) is 2.24. The summed E-state index contributed by atoms with van der Waals surface area (Å²) in [6, 6.07) is 24.4. The molecule has 4 aromatic rings. The van der Waals surface area contributed by atoms with Crippen LogP contribution in [0.4, 0.5) is 16.2 Å². The second kappa shape index (κ2) is 12.7. The van der Waals surface area contributed by atoms with Crippen LogP contribution in [0, 0.1) is 0 Å². The number of para-hydroxylation sites is 2. The quantitative estimate of drug-likeness (QED) is 0.146. The van der Waals surface area contributed by atoms with Crippen molar-refractivity contribution in [1.82, 2.24) is 0 Å². The second-order valence-corrected chi connectivity index (χ2v) is 10.3. The highest BCUT2D eigenvalue weighted by Gasteiger charge is 2.43. The highest BCUT2D eigenvalue weighted by molar-refractivity contribution is 6.46. The van der Waals surface area contributed by atoms with Crippen molar-refractivity contribution in [1.29, 1.82) is 0 Å². The molecule has 0 aromatic heterocycles. The maximum atomic E-state index is 13.7. The Balaban J connectivity index is 1.54. The van der Waals surface area contributed by atoms with Gasteiger partial charge in [-0.1, -0.05) is 77.3 Å². The van der Waals surface area contributed by atoms with Crippen LogP contribution in [0.5, 0.6) is 11.5 Å². The Morgan fingerprint density at radius 1 is 0.690 bits per heavy atom. The minimum atomic E-state index is -0.779. The fourth-order valence-corrected chi connectivity index (χ4v) is 4.96. The molecule has 7 nitrogen and oxygen atoms in total. The number of nitrogens with zero attached hydrogens (tertiary/aromatic N) is 2. The van der Waals surface area contributed by atoms with Crippen molar-refractivity contribution < 1.29 is 23.9 Å². The van der Waals surface area contributed by atoms with Crippen LogP contribution in [0.2, 0.25) is 15.1 Å². The van der Waals surface area contributed by atoms with Crippen LogP contribution in [-0.4, -0.2) is 24.5 Å². The maximum Gasteiger partial charge on any atom is 0.343 e. The Morgan fingerprint density at radius 2 is 1.29 bits per heavy atom. The molecular weight excluding hydrogens is 599 g/mol. The molecule has 0 atom stereocenters. The SMILES string of the molecule is CCOc1cc(C=C2C(=O)N(c3ccccc3)C(=O)N(c3ccccc3)C2=O)cc(Cl)c1OCc1ccc(Cl)c(Cl)c1. The van der Waals surface area contributed by atoms with E-state index in [0.29, 0.717) is 39.3 Å². The van der Waals surface area contributed by atoms with Gasteiger partial charge in [-0.25, -0.2) is 14.6 Å². The van der Waals surface area contributed by atoms with Crippen LogP contribution >= 0.6 is 34.8 Å². The van der Waals surface area contributed by atoms with Gasteiger partial charge in [0.05, 0.1) is 33.0 Å². The number of carbonyl (C=O) groups is 3. The maximum absolute atomic E-state index is 13.7. The standard InChI is InChI=1S/C32H23Cl3N2O5/c1-2-41-28-18-21(17-27(35)29(28)42-19-20-13-14-25(33)26(34)16-20)15-24-30(38)36(22-9-5-3-6-10-22)32(40)37(31(24)39)23-11-7-4-8-12-23/h3-18H,2,19H2,1H3. The fraction of sp³-hybridized carbons (Fsp3) is 0.0938. The first-order valence-electron chi connectivity index (χ1n) is 12.9. The van der Waals surface area contributed by atoms with Gasteiger partial charge in [0.1, 0.15) is 12.2 Å². The predicted octanol–water partition coefficient (Wildman–Crippen LogP) is 8.21. The van der Waals surface area contributed by atoms with Gasteiger partial charge in [0, 0.05) is 0 Å². The lowest BCUT2D eigenvalue weighted by Crippen LogP contribution is -2.57. The Kier molecular flexibility index (Phi) is 8.83. The van der Waals surface area contributed by atoms with Gasteiger partial charge < -0.3 is 9.47 Å². The Bertz CT molecular complexity index is 1630. The van der Waals surface area contributed by atoms with Crippen molar-refractivity contribution in [3.63, 3.8) is 0 Å². The highest BCUT2D eigenvalue weighted by atomic mass is 35.5. The molecule has 0 unspecified atom stereocenters. The average molecular weight is 622 g/mol. The lowest BCUT2D eigenvalue weighted by atomic mass is 10.0. The van der Waals surface area contributed by atoms with E-state index in [-0.39, 0.29) is 23.0 Å². The molecule has 4 aromatic carbocycles. The van der Waals surface area contributed by atoms with Gasteiger partial charge in [-0.15, -0.1) is 0 Å². The number of imide groups is 2. The third-order valence-corrected chi connectivity index (χ3v) is 7.31. The fourth-order valence-electron chi connectivity index (χ4n) is 4.36. The second-order valence-electron chi connectivity index (χ2n) is 9.09.